The fourth-order valence-electron chi connectivity index (χ4n) is 3.17. The van der Waals surface area contributed by atoms with Gasteiger partial charge in [0.15, 0.2) is 11.5 Å². The Labute approximate surface area is 122 Å². The molecule has 2 bridgehead atoms. The molecule has 0 aliphatic heterocycles. The summed E-state index contributed by atoms with van der Waals surface area (Å²) in [5.41, 5.74) is 1.82. The minimum Gasteiger partial charge on any atom is -0.493 e. The van der Waals surface area contributed by atoms with Crippen molar-refractivity contribution in [2.45, 2.75) is 32.1 Å². The second-order valence-corrected chi connectivity index (χ2v) is 5.25. The molecule has 21 heavy (non-hydrogen) atoms. The van der Waals surface area contributed by atoms with E-state index < -0.39 is 5.97 Å². The van der Waals surface area contributed by atoms with Crippen LogP contribution in [0.2, 0.25) is 0 Å². The summed E-state index contributed by atoms with van der Waals surface area (Å²) in [6.45, 7) is 2.72. The first-order valence-corrected chi connectivity index (χ1v) is 6.81. The van der Waals surface area contributed by atoms with Gasteiger partial charge in [-0.3, -0.25) is 9.59 Å². The number of carbonyl (C=O) groups is 2. The first kappa shape index (κ1) is 13.7. The fraction of sp³-hybridized carbons (Fsp3) is 0.375. The van der Waals surface area contributed by atoms with Crippen LogP contribution in [0.25, 0.3) is 0 Å². The Morgan fingerprint density at radius 1 is 1.00 bits per heavy atom. The number of methoxy groups -OCH3 is 1. The number of hydrogen-bond acceptors (Lipinski definition) is 5. The molecule has 0 radical (unpaired) electrons. The lowest BCUT2D eigenvalue weighted by Crippen LogP contribution is -2.11. The van der Waals surface area contributed by atoms with Crippen molar-refractivity contribution in [3.05, 3.63) is 29.3 Å². The van der Waals surface area contributed by atoms with Gasteiger partial charge in [-0.2, -0.15) is 0 Å². The van der Waals surface area contributed by atoms with Crippen LogP contribution in [0.15, 0.2) is 18.2 Å². The summed E-state index contributed by atoms with van der Waals surface area (Å²) in [4.78, 5) is 22.7. The largest absolute Gasteiger partial charge is 0.493 e. The lowest BCUT2D eigenvalue weighted by Gasteiger charge is -2.20. The van der Waals surface area contributed by atoms with E-state index in [2.05, 4.69) is 12.2 Å². The maximum absolute atomic E-state index is 11.4. The van der Waals surface area contributed by atoms with E-state index in [1.807, 2.05) is 0 Å². The number of ether oxygens (including phenoxy) is 3. The second-order valence-electron chi connectivity index (χ2n) is 5.25. The molecule has 0 spiro atoms. The van der Waals surface area contributed by atoms with E-state index in [-0.39, 0.29) is 17.8 Å². The number of hydrogen-bond donors (Lipinski definition) is 0. The molecule has 3 rings (SSSR count). The van der Waals surface area contributed by atoms with Crippen LogP contribution in [0.3, 0.4) is 0 Å². The molecule has 0 saturated carbocycles. The molecule has 0 N–H and O–H groups in total. The topological polar surface area (TPSA) is 61.8 Å². The summed E-state index contributed by atoms with van der Waals surface area (Å²) in [5.74, 6) is 0.910. The minimum absolute atomic E-state index is 0.170. The molecule has 2 aliphatic carbocycles. The van der Waals surface area contributed by atoms with Gasteiger partial charge in [0.2, 0.25) is 0 Å². The summed E-state index contributed by atoms with van der Waals surface area (Å²) in [5, 5.41) is 0. The average molecular weight is 288 g/mol. The summed E-state index contributed by atoms with van der Waals surface area (Å²) in [6.07, 6.45) is 5.10. The van der Waals surface area contributed by atoms with Crippen LogP contribution in [0, 0.1) is 0 Å². The molecule has 0 aromatic heterocycles. The van der Waals surface area contributed by atoms with E-state index in [1.54, 1.807) is 6.07 Å². The molecule has 1 aromatic rings. The molecule has 2 unspecified atom stereocenters. The van der Waals surface area contributed by atoms with Crippen molar-refractivity contribution in [3.8, 4) is 17.2 Å². The van der Waals surface area contributed by atoms with Gasteiger partial charge in [0.1, 0.15) is 5.75 Å². The fourth-order valence-corrected chi connectivity index (χ4v) is 3.17. The van der Waals surface area contributed by atoms with Crippen molar-refractivity contribution in [2.24, 2.45) is 0 Å². The Morgan fingerprint density at radius 3 is 2.19 bits per heavy atom. The van der Waals surface area contributed by atoms with Gasteiger partial charge in [-0.05, 0) is 6.42 Å². The predicted octanol–water partition coefficient (Wildman–Crippen LogP) is 2.69. The summed E-state index contributed by atoms with van der Waals surface area (Å²) < 4.78 is 16.0. The summed E-state index contributed by atoms with van der Waals surface area (Å²) in [7, 11) is 1.50. The van der Waals surface area contributed by atoms with Crippen LogP contribution in [-0.4, -0.2) is 19.0 Å². The van der Waals surface area contributed by atoms with Crippen LogP contribution in [0.5, 0.6) is 17.2 Å². The third-order valence-electron chi connectivity index (χ3n) is 3.83. The number of allylic oxidation sites excluding steroid dienone is 2. The number of rotatable bonds is 3. The maximum Gasteiger partial charge on any atom is 0.308 e. The monoisotopic (exact) mass is 288 g/mol. The lowest BCUT2D eigenvalue weighted by molar-refractivity contribution is -0.133. The van der Waals surface area contributed by atoms with E-state index in [9.17, 15) is 9.59 Å². The summed E-state index contributed by atoms with van der Waals surface area (Å²) >= 11 is 0. The van der Waals surface area contributed by atoms with Crippen molar-refractivity contribution in [1.82, 2.24) is 0 Å². The highest BCUT2D eigenvalue weighted by atomic mass is 16.6. The third-order valence-corrected chi connectivity index (χ3v) is 3.83. The van der Waals surface area contributed by atoms with Crippen molar-refractivity contribution < 1.29 is 23.8 Å². The quantitative estimate of drug-likeness (QED) is 0.486. The standard InChI is InChI=1S/C16H16O5/c1-8(17)20-12-7-13(19-3)16(21-9(2)18)15-11-5-4-10(6-11)14(12)15/h4-5,7,10-11H,6H2,1-3H3. The highest BCUT2D eigenvalue weighted by Crippen LogP contribution is 2.57. The van der Waals surface area contributed by atoms with E-state index in [0.717, 1.165) is 17.5 Å². The van der Waals surface area contributed by atoms with Crippen molar-refractivity contribution in [3.63, 3.8) is 0 Å². The van der Waals surface area contributed by atoms with Gasteiger partial charge in [-0.1, -0.05) is 12.2 Å². The number of carbonyl (C=O) groups excluding carboxylic acids is 2. The predicted molar refractivity (Wildman–Crippen MR) is 74.9 cm³/mol. The highest BCUT2D eigenvalue weighted by Gasteiger charge is 2.40. The van der Waals surface area contributed by atoms with E-state index in [1.165, 1.54) is 21.0 Å². The molecule has 0 saturated heterocycles. The lowest BCUT2D eigenvalue weighted by atomic mass is 9.94. The Balaban J connectivity index is 2.20. The number of fused-ring (bicyclic) bond motifs is 5. The molecular formula is C16H16O5. The Hall–Kier alpha value is -2.30. The van der Waals surface area contributed by atoms with Gasteiger partial charge < -0.3 is 14.2 Å². The molecule has 0 heterocycles. The van der Waals surface area contributed by atoms with Crippen molar-refractivity contribution >= 4 is 11.9 Å². The van der Waals surface area contributed by atoms with Gasteiger partial charge in [0, 0.05) is 42.9 Å². The molecule has 5 nitrogen and oxygen atoms in total. The zero-order valence-corrected chi connectivity index (χ0v) is 12.1. The average Bonchev–Trinajstić information content (AvgIpc) is 3.01. The van der Waals surface area contributed by atoms with E-state index in [0.29, 0.717) is 17.2 Å². The number of benzene rings is 1. The molecule has 0 amide bonds. The van der Waals surface area contributed by atoms with Crippen molar-refractivity contribution in [2.75, 3.05) is 7.11 Å². The van der Waals surface area contributed by atoms with E-state index >= 15 is 0 Å². The molecule has 5 heteroatoms. The Morgan fingerprint density at radius 2 is 1.62 bits per heavy atom. The zero-order chi connectivity index (χ0) is 15.1. The third kappa shape index (κ3) is 2.18. The van der Waals surface area contributed by atoms with Crippen LogP contribution in [-0.2, 0) is 9.59 Å². The minimum atomic E-state index is -0.400. The van der Waals surface area contributed by atoms with Gasteiger partial charge in [-0.15, -0.1) is 0 Å². The molecule has 0 fully saturated rings. The maximum atomic E-state index is 11.4. The van der Waals surface area contributed by atoms with Gasteiger partial charge in [0.25, 0.3) is 0 Å². The summed E-state index contributed by atoms with van der Waals surface area (Å²) in [6, 6.07) is 1.62. The van der Waals surface area contributed by atoms with Crippen molar-refractivity contribution in [1.29, 1.82) is 0 Å². The highest BCUT2D eigenvalue weighted by molar-refractivity contribution is 5.76. The van der Waals surface area contributed by atoms with Gasteiger partial charge in [-0.25, -0.2) is 0 Å². The first-order valence-electron chi connectivity index (χ1n) is 6.81. The Bertz CT molecular complexity index is 659. The molecular weight excluding hydrogens is 272 g/mol. The second kappa shape index (κ2) is 4.91. The first-order chi connectivity index (χ1) is 10.0. The SMILES string of the molecule is COc1cc(OC(C)=O)c2c(c1OC(C)=O)C1C=CC2C1. The Kier molecular flexibility index (Phi) is 3.20. The van der Waals surface area contributed by atoms with E-state index in [4.69, 9.17) is 14.2 Å². The molecule has 2 aliphatic rings. The molecule has 1 aromatic carbocycles. The molecule has 110 valence electrons. The van der Waals surface area contributed by atoms with Crippen LogP contribution < -0.4 is 14.2 Å². The normalized spacial score (nSPS) is 21.1. The smallest absolute Gasteiger partial charge is 0.308 e. The zero-order valence-electron chi connectivity index (χ0n) is 12.1. The van der Waals surface area contributed by atoms with Crippen LogP contribution in [0.1, 0.15) is 43.2 Å². The molecule has 2 atom stereocenters. The number of esters is 2. The van der Waals surface area contributed by atoms with Gasteiger partial charge >= 0.3 is 11.9 Å². The van der Waals surface area contributed by atoms with Crippen LogP contribution in [0.4, 0.5) is 0 Å². The van der Waals surface area contributed by atoms with Crippen LogP contribution >= 0.6 is 0 Å². The van der Waals surface area contributed by atoms with Gasteiger partial charge in [0.05, 0.1) is 7.11 Å².